The van der Waals surface area contributed by atoms with E-state index in [0.29, 0.717) is 0 Å². The summed E-state index contributed by atoms with van der Waals surface area (Å²) in [5.74, 6) is 0. The van der Waals surface area contributed by atoms with Gasteiger partial charge in [0, 0.05) is 6.61 Å². The van der Waals surface area contributed by atoms with Gasteiger partial charge in [-0.25, -0.2) is 0 Å². The van der Waals surface area contributed by atoms with Gasteiger partial charge < -0.3 is 5.11 Å². The number of rotatable bonds is 4. The molecule has 0 saturated heterocycles. The van der Waals surface area contributed by atoms with Crippen molar-refractivity contribution >= 4 is 15.9 Å². The molecule has 0 aromatic heterocycles. The molecule has 0 aromatic carbocycles. The van der Waals surface area contributed by atoms with Gasteiger partial charge in [-0.2, -0.15) is 0 Å². The molecule has 52 valence electrons. The van der Waals surface area contributed by atoms with Crippen molar-refractivity contribution in [2.75, 3.05) is 6.61 Å². The molecule has 1 nitrogen and oxygen atoms in total. The first-order valence-corrected chi connectivity index (χ1v) is 3.76. The number of allylic oxidation sites excluding steroid dienone is 1. The molecule has 0 aliphatic carbocycles. The summed E-state index contributed by atoms with van der Waals surface area (Å²) in [7, 11) is 0. The molecular weight excluding hydrogens is 180 g/mol. The van der Waals surface area contributed by atoms with Crippen molar-refractivity contribution in [3.8, 4) is 0 Å². The van der Waals surface area contributed by atoms with Crippen molar-refractivity contribution in [1.82, 2.24) is 0 Å². The van der Waals surface area contributed by atoms with E-state index in [4.69, 9.17) is 5.11 Å². The van der Waals surface area contributed by atoms with E-state index in [2.05, 4.69) is 22.5 Å². The maximum Gasteiger partial charge on any atom is 0.0468 e. The molecule has 0 unspecified atom stereocenters. The quantitative estimate of drug-likeness (QED) is 0.675. The summed E-state index contributed by atoms with van der Waals surface area (Å²) >= 11 is 3.20. The zero-order valence-corrected chi connectivity index (χ0v) is 6.89. The fourth-order valence-corrected chi connectivity index (χ4v) is 0.946. The number of aliphatic hydroxyl groups is 1. The normalized spacial score (nSPS) is 11.6. The van der Waals surface area contributed by atoms with Crippen LogP contribution in [0.2, 0.25) is 0 Å². The van der Waals surface area contributed by atoms with Gasteiger partial charge >= 0.3 is 0 Å². The van der Waals surface area contributed by atoms with Crippen LogP contribution < -0.4 is 0 Å². The van der Waals surface area contributed by atoms with E-state index in [1.165, 1.54) is 5.57 Å². The summed E-state index contributed by atoms with van der Waals surface area (Å²) in [5, 5.41) is 8.50. The topological polar surface area (TPSA) is 20.2 Å². The molecule has 0 rings (SSSR count). The second-order valence-corrected chi connectivity index (χ2v) is 2.19. The van der Waals surface area contributed by atoms with E-state index in [-0.39, 0.29) is 6.61 Å². The molecule has 0 amide bonds. The van der Waals surface area contributed by atoms with E-state index in [9.17, 15) is 0 Å². The number of hydrogen-bond acceptors (Lipinski definition) is 1. The molecule has 2 heteroatoms. The third-order valence-corrected chi connectivity index (χ3v) is 1.64. The average Bonchev–Trinajstić information content (AvgIpc) is 1.88. The van der Waals surface area contributed by atoms with E-state index >= 15 is 0 Å². The van der Waals surface area contributed by atoms with Crippen molar-refractivity contribution in [3.05, 3.63) is 23.2 Å². The summed E-state index contributed by atoms with van der Waals surface area (Å²) in [5.41, 5.74) is 1.17. The lowest BCUT2D eigenvalue weighted by molar-refractivity contribution is 0.298. The monoisotopic (exact) mass is 190 g/mol. The van der Waals surface area contributed by atoms with Crippen molar-refractivity contribution in [2.45, 2.75) is 12.8 Å². The largest absolute Gasteiger partial charge is 0.396 e. The maximum atomic E-state index is 8.50. The Morgan fingerprint density at radius 1 is 1.67 bits per heavy atom. The van der Waals surface area contributed by atoms with Crippen LogP contribution in [0.1, 0.15) is 12.8 Å². The summed E-state index contributed by atoms with van der Waals surface area (Å²) in [6.07, 6.45) is 3.41. The molecule has 0 spiro atoms. The molecule has 0 fully saturated rings. The van der Waals surface area contributed by atoms with Crippen molar-refractivity contribution in [1.29, 1.82) is 0 Å². The second-order valence-electron chi connectivity index (χ2n) is 1.73. The van der Waals surface area contributed by atoms with Gasteiger partial charge in [0.1, 0.15) is 0 Å². The van der Waals surface area contributed by atoms with Crippen LogP contribution in [0.3, 0.4) is 0 Å². The summed E-state index contributed by atoms with van der Waals surface area (Å²) in [6.45, 7) is 3.80. The van der Waals surface area contributed by atoms with Gasteiger partial charge in [-0.1, -0.05) is 27.6 Å². The Morgan fingerprint density at radius 3 is 2.67 bits per heavy atom. The lowest BCUT2D eigenvalue weighted by Crippen LogP contribution is -1.85. The van der Waals surface area contributed by atoms with Gasteiger partial charge in [0.15, 0.2) is 0 Å². The van der Waals surface area contributed by atoms with E-state index < -0.39 is 0 Å². The van der Waals surface area contributed by atoms with Gasteiger partial charge in [0.2, 0.25) is 0 Å². The van der Waals surface area contributed by atoms with Crippen LogP contribution in [0.25, 0.3) is 0 Å². The van der Waals surface area contributed by atoms with Gasteiger partial charge in [0.05, 0.1) is 0 Å². The van der Waals surface area contributed by atoms with Crippen molar-refractivity contribution < 1.29 is 5.11 Å². The highest BCUT2D eigenvalue weighted by Crippen LogP contribution is 2.08. The summed E-state index contributed by atoms with van der Waals surface area (Å²) in [4.78, 5) is 1.84. The van der Waals surface area contributed by atoms with Crippen LogP contribution >= 0.6 is 15.9 Å². The second kappa shape index (κ2) is 6.05. The first-order chi connectivity index (χ1) is 4.35. The predicted molar refractivity (Wildman–Crippen MR) is 43.5 cm³/mol. The summed E-state index contributed by atoms with van der Waals surface area (Å²) < 4.78 is 0. The van der Waals surface area contributed by atoms with Crippen LogP contribution in [-0.2, 0) is 0 Å². The molecule has 0 radical (unpaired) electrons. The molecule has 1 N–H and O–H groups in total. The smallest absolute Gasteiger partial charge is 0.0468 e. The maximum absolute atomic E-state index is 8.50. The van der Waals surface area contributed by atoms with Crippen LogP contribution in [0.4, 0.5) is 0 Å². The first-order valence-electron chi connectivity index (χ1n) is 2.85. The van der Waals surface area contributed by atoms with Gasteiger partial charge in [-0.05, 0) is 17.8 Å². The van der Waals surface area contributed by atoms with Crippen LogP contribution in [0, 0.1) is 0 Å². The molecule has 9 heavy (non-hydrogen) atoms. The lowest BCUT2D eigenvalue weighted by atomic mass is 10.1. The van der Waals surface area contributed by atoms with Gasteiger partial charge in [-0.3, -0.25) is 0 Å². The van der Waals surface area contributed by atoms with Crippen molar-refractivity contribution in [3.63, 3.8) is 0 Å². The third kappa shape index (κ3) is 4.43. The van der Waals surface area contributed by atoms with E-state index in [1.807, 2.05) is 11.1 Å². The minimum atomic E-state index is 0.214. The van der Waals surface area contributed by atoms with Crippen LogP contribution in [0.5, 0.6) is 0 Å². The Morgan fingerprint density at radius 2 is 2.33 bits per heavy atom. The number of hydrogen-bond donors (Lipinski definition) is 1. The Kier molecular flexibility index (Phi) is 5.99. The minimum absolute atomic E-state index is 0.214. The number of halogens is 1. The minimum Gasteiger partial charge on any atom is -0.396 e. The number of aliphatic hydroxyl groups excluding tert-OH is 1. The molecule has 0 bridgehead atoms. The van der Waals surface area contributed by atoms with Gasteiger partial charge in [-0.15, -0.1) is 6.58 Å². The molecule has 0 aliphatic heterocycles. The Bertz CT molecular complexity index is 107. The van der Waals surface area contributed by atoms with Crippen LogP contribution in [-0.4, -0.2) is 11.7 Å². The molecule has 0 heterocycles. The standard InChI is InChI=1S/C7H11BrO/c1-2-3-7(6-8)4-5-9/h2,6,9H,1,3-5H2/b7-6+. The summed E-state index contributed by atoms with van der Waals surface area (Å²) in [6, 6.07) is 0. The van der Waals surface area contributed by atoms with Gasteiger partial charge in [0.25, 0.3) is 0 Å². The zero-order chi connectivity index (χ0) is 7.11. The molecule has 0 atom stereocenters. The highest BCUT2D eigenvalue weighted by molar-refractivity contribution is 9.11. The van der Waals surface area contributed by atoms with Crippen LogP contribution in [0.15, 0.2) is 23.2 Å². The molecule has 0 aromatic rings. The first kappa shape index (κ1) is 8.92. The fourth-order valence-electron chi connectivity index (χ4n) is 0.530. The lowest BCUT2D eigenvalue weighted by Gasteiger charge is -1.97. The molecule has 0 aliphatic rings. The average molecular weight is 191 g/mol. The van der Waals surface area contributed by atoms with E-state index in [1.54, 1.807) is 0 Å². The third-order valence-electron chi connectivity index (χ3n) is 0.994. The Labute approximate surface area is 64.2 Å². The van der Waals surface area contributed by atoms with Crippen molar-refractivity contribution in [2.24, 2.45) is 0 Å². The Balaban J connectivity index is 3.55. The highest BCUT2D eigenvalue weighted by Gasteiger charge is 1.90. The zero-order valence-electron chi connectivity index (χ0n) is 5.31. The Hall–Kier alpha value is -0.0800. The molecular formula is C7H11BrO. The predicted octanol–water partition coefficient (Wildman–Crippen LogP) is 2.22. The van der Waals surface area contributed by atoms with E-state index in [0.717, 1.165) is 12.8 Å². The SMILES string of the molecule is C=CC/C(=C\Br)CCO. The molecule has 0 saturated carbocycles. The fraction of sp³-hybridized carbons (Fsp3) is 0.429. The highest BCUT2D eigenvalue weighted by atomic mass is 79.9.